The maximum absolute atomic E-state index is 13.8. The molecule has 0 spiro atoms. The molecule has 0 radical (unpaired) electrons. The van der Waals surface area contributed by atoms with Crippen molar-refractivity contribution in [2.45, 2.75) is 45.5 Å². The van der Waals surface area contributed by atoms with Gasteiger partial charge in [0.05, 0.1) is 24.4 Å². The maximum Gasteiger partial charge on any atom is 0.126 e. The Balaban J connectivity index is 2.42. The number of anilines is 1. The van der Waals surface area contributed by atoms with Crippen LogP contribution in [-0.2, 0) is 4.74 Å². The maximum atomic E-state index is 13.8. The highest BCUT2D eigenvalue weighted by atomic mass is 19.1. The molecule has 1 aromatic rings. The van der Waals surface area contributed by atoms with Crippen molar-refractivity contribution in [3.05, 3.63) is 29.1 Å². The number of ether oxygens (including phenoxy) is 1. The van der Waals surface area contributed by atoms with Gasteiger partial charge in [-0.2, -0.15) is 0 Å². The molecule has 2 atom stereocenters. The summed E-state index contributed by atoms with van der Waals surface area (Å²) in [6.07, 6.45) is -1.05. The monoisotopic (exact) mass is 297 g/mol. The summed E-state index contributed by atoms with van der Waals surface area (Å²) in [5, 5.41) is 19.3. The average Bonchev–Trinajstić information content (AvgIpc) is 2.39. The van der Waals surface area contributed by atoms with Gasteiger partial charge in [0.25, 0.3) is 0 Å². The molecule has 1 aromatic carbocycles. The van der Waals surface area contributed by atoms with E-state index >= 15 is 0 Å². The first kappa shape index (κ1) is 16.2. The zero-order chi connectivity index (χ0) is 15.8. The lowest BCUT2D eigenvalue weighted by Crippen LogP contribution is -2.54. The molecule has 0 amide bonds. The second-order valence-corrected chi connectivity index (χ2v) is 6.40. The van der Waals surface area contributed by atoms with Crippen LogP contribution in [0.25, 0.3) is 0 Å². The molecule has 5 heteroatoms. The fourth-order valence-electron chi connectivity index (χ4n) is 2.86. The molecule has 0 bridgehead atoms. The fourth-order valence-corrected chi connectivity index (χ4v) is 2.86. The lowest BCUT2D eigenvalue weighted by atomic mass is 9.99. The Kier molecular flexibility index (Phi) is 4.56. The van der Waals surface area contributed by atoms with Crippen molar-refractivity contribution in [2.75, 3.05) is 24.6 Å². The number of halogens is 1. The molecule has 118 valence electrons. The number of hydrogen-bond acceptors (Lipinski definition) is 4. The molecule has 1 aliphatic rings. The summed E-state index contributed by atoms with van der Waals surface area (Å²) in [6.45, 7) is 8.33. The number of morpholine rings is 1. The molecule has 2 rings (SSSR count). The van der Waals surface area contributed by atoms with Gasteiger partial charge in [0.15, 0.2) is 0 Å². The van der Waals surface area contributed by atoms with E-state index in [0.29, 0.717) is 24.2 Å². The van der Waals surface area contributed by atoms with Crippen molar-refractivity contribution in [3.8, 4) is 0 Å². The third-order valence-corrected chi connectivity index (χ3v) is 3.78. The molecule has 1 aliphatic heterocycles. The molecule has 1 saturated heterocycles. The van der Waals surface area contributed by atoms with Crippen LogP contribution in [-0.4, -0.2) is 41.6 Å². The van der Waals surface area contributed by atoms with Gasteiger partial charge in [-0.25, -0.2) is 4.39 Å². The highest BCUT2D eigenvalue weighted by Gasteiger charge is 2.34. The summed E-state index contributed by atoms with van der Waals surface area (Å²) >= 11 is 0. The van der Waals surface area contributed by atoms with Gasteiger partial charge in [0.2, 0.25) is 0 Å². The molecule has 21 heavy (non-hydrogen) atoms. The topological polar surface area (TPSA) is 52.9 Å². The predicted molar refractivity (Wildman–Crippen MR) is 80.0 cm³/mol. The van der Waals surface area contributed by atoms with Gasteiger partial charge in [-0.15, -0.1) is 0 Å². The van der Waals surface area contributed by atoms with E-state index in [1.165, 1.54) is 6.07 Å². The minimum atomic E-state index is -0.756. The molecule has 2 N–H and O–H groups in total. The smallest absolute Gasteiger partial charge is 0.126 e. The van der Waals surface area contributed by atoms with Crippen LogP contribution in [0.1, 0.15) is 38.0 Å². The van der Waals surface area contributed by atoms with Gasteiger partial charge < -0.3 is 19.8 Å². The lowest BCUT2D eigenvalue weighted by molar-refractivity contribution is -0.101. The quantitative estimate of drug-likeness (QED) is 0.898. The third kappa shape index (κ3) is 3.54. The van der Waals surface area contributed by atoms with Crippen molar-refractivity contribution in [1.29, 1.82) is 0 Å². The minimum absolute atomic E-state index is 0.0654. The molecule has 1 fully saturated rings. The van der Waals surface area contributed by atoms with Gasteiger partial charge in [-0.3, -0.25) is 0 Å². The highest BCUT2D eigenvalue weighted by Crippen LogP contribution is 2.33. The standard InChI is InChI=1S/C16H24FNO3/c1-10-5-15(13(11(2)20)6-14(10)17)18-7-12(8-19)21-16(3,4)9-18/h5-6,11-12,19-20H,7-9H2,1-4H3/t11-,12?/m0/s1. The summed E-state index contributed by atoms with van der Waals surface area (Å²) in [4.78, 5) is 2.05. The molecular formula is C16H24FNO3. The number of nitrogens with zero attached hydrogens (tertiary/aromatic N) is 1. The van der Waals surface area contributed by atoms with Crippen molar-refractivity contribution >= 4 is 5.69 Å². The Bertz CT molecular complexity index is 516. The van der Waals surface area contributed by atoms with Crippen LogP contribution < -0.4 is 4.90 Å². The molecule has 0 saturated carbocycles. The first-order chi connectivity index (χ1) is 9.73. The van der Waals surface area contributed by atoms with Crippen molar-refractivity contribution in [3.63, 3.8) is 0 Å². The van der Waals surface area contributed by atoms with E-state index in [2.05, 4.69) is 4.90 Å². The highest BCUT2D eigenvalue weighted by molar-refractivity contribution is 5.57. The predicted octanol–water partition coefficient (Wildman–Crippen LogP) is 2.16. The molecule has 0 aliphatic carbocycles. The number of aliphatic hydroxyl groups is 2. The van der Waals surface area contributed by atoms with Crippen LogP contribution >= 0.6 is 0 Å². The number of aliphatic hydroxyl groups excluding tert-OH is 2. The van der Waals surface area contributed by atoms with E-state index in [0.717, 1.165) is 5.69 Å². The van der Waals surface area contributed by atoms with E-state index < -0.39 is 11.7 Å². The molecular weight excluding hydrogens is 273 g/mol. The molecule has 0 aromatic heterocycles. The van der Waals surface area contributed by atoms with Crippen LogP contribution in [0.5, 0.6) is 0 Å². The summed E-state index contributed by atoms with van der Waals surface area (Å²) in [5.41, 5.74) is 1.50. The van der Waals surface area contributed by atoms with E-state index in [9.17, 15) is 14.6 Å². The number of aryl methyl sites for hydroxylation is 1. The Morgan fingerprint density at radius 1 is 1.48 bits per heavy atom. The Labute approximate surface area is 125 Å². The van der Waals surface area contributed by atoms with E-state index in [4.69, 9.17) is 4.74 Å². The Morgan fingerprint density at radius 2 is 2.14 bits per heavy atom. The largest absolute Gasteiger partial charge is 0.394 e. The summed E-state index contributed by atoms with van der Waals surface area (Å²) in [6, 6.07) is 3.15. The zero-order valence-corrected chi connectivity index (χ0v) is 13.1. The molecule has 1 heterocycles. The number of benzene rings is 1. The van der Waals surface area contributed by atoms with Crippen LogP contribution in [0.15, 0.2) is 12.1 Å². The summed E-state index contributed by atoms with van der Waals surface area (Å²) < 4.78 is 19.6. The van der Waals surface area contributed by atoms with Gasteiger partial charge in [0.1, 0.15) is 5.82 Å². The van der Waals surface area contributed by atoms with Gasteiger partial charge in [-0.05, 0) is 45.4 Å². The normalized spacial score (nSPS) is 23.2. The Hall–Kier alpha value is -1.17. The van der Waals surface area contributed by atoms with Crippen molar-refractivity contribution < 1.29 is 19.3 Å². The first-order valence-corrected chi connectivity index (χ1v) is 7.25. The van der Waals surface area contributed by atoms with Gasteiger partial charge in [0, 0.05) is 24.3 Å². The summed E-state index contributed by atoms with van der Waals surface area (Å²) in [7, 11) is 0. The van der Waals surface area contributed by atoms with Crippen molar-refractivity contribution in [1.82, 2.24) is 0 Å². The molecule has 4 nitrogen and oxygen atoms in total. The SMILES string of the molecule is Cc1cc(N2CC(CO)OC(C)(C)C2)c([C@H](C)O)cc1F. The van der Waals surface area contributed by atoms with E-state index in [1.807, 2.05) is 13.8 Å². The minimum Gasteiger partial charge on any atom is -0.394 e. The Morgan fingerprint density at radius 3 is 2.71 bits per heavy atom. The third-order valence-electron chi connectivity index (χ3n) is 3.78. The van der Waals surface area contributed by atoms with Gasteiger partial charge in [-0.1, -0.05) is 0 Å². The second kappa shape index (κ2) is 5.91. The van der Waals surface area contributed by atoms with Crippen LogP contribution in [0, 0.1) is 12.7 Å². The zero-order valence-electron chi connectivity index (χ0n) is 13.1. The number of hydrogen-bond donors (Lipinski definition) is 2. The van der Waals surface area contributed by atoms with Gasteiger partial charge >= 0.3 is 0 Å². The van der Waals surface area contributed by atoms with E-state index in [1.54, 1.807) is 19.9 Å². The lowest BCUT2D eigenvalue weighted by Gasteiger charge is -2.44. The van der Waals surface area contributed by atoms with Crippen LogP contribution in [0.4, 0.5) is 10.1 Å². The van der Waals surface area contributed by atoms with Crippen LogP contribution in [0.2, 0.25) is 0 Å². The molecule has 1 unspecified atom stereocenters. The van der Waals surface area contributed by atoms with E-state index in [-0.39, 0.29) is 18.5 Å². The second-order valence-electron chi connectivity index (χ2n) is 6.40. The summed E-state index contributed by atoms with van der Waals surface area (Å²) in [5.74, 6) is -0.319. The average molecular weight is 297 g/mol. The van der Waals surface area contributed by atoms with Crippen LogP contribution in [0.3, 0.4) is 0 Å². The fraction of sp³-hybridized carbons (Fsp3) is 0.625. The first-order valence-electron chi connectivity index (χ1n) is 7.25. The number of rotatable bonds is 3. The van der Waals surface area contributed by atoms with Crippen molar-refractivity contribution in [2.24, 2.45) is 0 Å².